The highest BCUT2D eigenvalue weighted by Gasteiger charge is 2.40. The number of carbonyl (C=O) groups excluding carboxylic acids is 1. The van der Waals surface area contributed by atoms with E-state index in [1.807, 2.05) is 60.7 Å². The summed E-state index contributed by atoms with van der Waals surface area (Å²) in [6, 6.07) is 34.7. The first kappa shape index (κ1) is 33.8. The lowest BCUT2D eigenvalue weighted by Crippen LogP contribution is -2.46. The molecule has 252 valence electrons. The van der Waals surface area contributed by atoms with Gasteiger partial charge in [-0.15, -0.1) is 0 Å². The highest BCUT2D eigenvalue weighted by molar-refractivity contribution is 5.74. The van der Waals surface area contributed by atoms with Gasteiger partial charge in [-0.2, -0.15) is 0 Å². The van der Waals surface area contributed by atoms with Crippen molar-refractivity contribution >= 4 is 6.03 Å². The third kappa shape index (κ3) is 8.50. The summed E-state index contributed by atoms with van der Waals surface area (Å²) >= 11 is 0. The highest BCUT2D eigenvalue weighted by Crippen LogP contribution is 2.43. The van der Waals surface area contributed by atoms with Gasteiger partial charge >= 0.3 is 6.03 Å². The lowest BCUT2D eigenvalue weighted by Gasteiger charge is -2.43. The van der Waals surface area contributed by atoms with Crippen LogP contribution in [-0.2, 0) is 33.9 Å². The zero-order chi connectivity index (χ0) is 33.3. The number of amides is 2. The Balaban J connectivity index is 1.18. The lowest BCUT2D eigenvalue weighted by molar-refractivity contribution is -0.276. The molecule has 2 aliphatic rings. The summed E-state index contributed by atoms with van der Waals surface area (Å²) in [5.41, 5.74) is 7.08. The number of nitrogens with one attached hydrogen (secondary N) is 2. The monoisotopic (exact) mass is 649 g/mol. The van der Waals surface area contributed by atoms with Crippen molar-refractivity contribution in [3.8, 4) is 11.1 Å². The van der Waals surface area contributed by atoms with E-state index in [1.165, 1.54) is 0 Å². The largest absolute Gasteiger partial charge is 0.392 e. The Kier molecular flexibility index (Phi) is 11.5. The molecule has 0 aromatic heterocycles. The molecule has 4 aromatic rings. The van der Waals surface area contributed by atoms with Crippen LogP contribution in [0, 0.1) is 5.92 Å². The van der Waals surface area contributed by atoms with Gasteiger partial charge in [0.25, 0.3) is 0 Å². The van der Waals surface area contributed by atoms with Crippen LogP contribution in [0.3, 0.4) is 0 Å². The summed E-state index contributed by atoms with van der Waals surface area (Å²) in [4.78, 5) is 15.0. The number of rotatable bonds is 12. The van der Waals surface area contributed by atoms with E-state index in [0.29, 0.717) is 19.1 Å². The van der Waals surface area contributed by atoms with Gasteiger partial charge in [-0.3, -0.25) is 4.90 Å². The van der Waals surface area contributed by atoms with Crippen LogP contribution in [0.4, 0.5) is 4.79 Å². The number of urea groups is 1. The molecule has 3 N–H and O–H groups in total. The van der Waals surface area contributed by atoms with Crippen LogP contribution in [0.5, 0.6) is 0 Å². The second-order valence-electron chi connectivity index (χ2n) is 12.9. The Morgan fingerprint density at radius 2 is 1.54 bits per heavy atom. The van der Waals surface area contributed by atoms with Crippen LogP contribution in [0.25, 0.3) is 11.1 Å². The number of carbonyl (C=O) groups is 1. The Morgan fingerprint density at radius 1 is 0.833 bits per heavy atom. The van der Waals surface area contributed by atoms with Gasteiger partial charge in [0.15, 0.2) is 6.29 Å². The molecule has 5 atom stereocenters. The maximum atomic E-state index is 12.5. The quantitative estimate of drug-likeness (QED) is 0.157. The molecule has 0 radical (unpaired) electrons. The molecule has 48 heavy (non-hydrogen) atoms. The van der Waals surface area contributed by atoms with Gasteiger partial charge in [0.05, 0.1) is 25.4 Å². The van der Waals surface area contributed by atoms with Crippen LogP contribution in [0.2, 0.25) is 0 Å². The molecule has 0 aliphatic carbocycles. The molecule has 0 saturated carbocycles. The first-order valence-corrected chi connectivity index (χ1v) is 17.0. The average molecular weight is 650 g/mol. The van der Waals surface area contributed by atoms with E-state index in [0.717, 1.165) is 71.5 Å². The van der Waals surface area contributed by atoms with Crippen molar-refractivity contribution < 1.29 is 24.1 Å². The van der Waals surface area contributed by atoms with E-state index in [2.05, 4.69) is 64.9 Å². The Hall–Kier alpha value is -4.05. The maximum Gasteiger partial charge on any atom is 0.315 e. The topological polar surface area (TPSA) is 92.3 Å². The summed E-state index contributed by atoms with van der Waals surface area (Å²) in [5.74, 6) is 0.113. The van der Waals surface area contributed by atoms with Crippen LogP contribution in [0.15, 0.2) is 103 Å². The summed E-state index contributed by atoms with van der Waals surface area (Å²) in [6.07, 6.45) is 1.53. The van der Waals surface area contributed by atoms with Crippen molar-refractivity contribution in [3.05, 3.63) is 131 Å². The number of methoxy groups -OCH3 is 1. The van der Waals surface area contributed by atoms with Crippen LogP contribution in [0.1, 0.15) is 60.0 Å². The van der Waals surface area contributed by atoms with Crippen LogP contribution in [-0.4, -0.2) is 55.0 Å². The van der Waals surface area contributed by atoms with Crippen LogP contribution < -0.4 is 10.6 Å². The number of nitrogens with zero attached hydrogens (tertiary/aromatic N) is 1. The molecule has 4 aromatic carbocycles. The second kappa shape index (κ2) is 16.4. The number of ether oxygens (including phenoxy) is 3. The summed E-state index contributed by atoms with van der Waals surface area (Å²) in [5, 5.41) is 15.5. The van der Waals surface area contributed by atoms with Gasteiger partial charge in [-0.05, 0) is 64.9 Å². The number of hydrogen-bond donors (Lipinski definition) is 3. The van der Waals surface area contributed by atoms with Crippen molar-refractivity contribution in [2.75, 3.05) is 26.8 Å². The fourth-order valence-electron chi connectivity index (χ4n) is 6.82. The lowest BCUT2D eigenvalue weighted by atomic mass is 9.89. The molecule has 2 amide bonds. The van der Waals surface area contributed by atoms with Crippen molar-refractivity contribution in [1.82, 2.24) is 15.5 Å². The standard InChI is InChI=1S/C40H47N3O5/c1-28-37(25-43-20-8-15-36(43)27-46-2)47-39(48-38(28)32-18-16-30(26-44)17-19-32)35-14-7-13-34(22-35)33-12-6-11-31(21-33)24-42-40(45)41-23-29-9-4-3-5-10-29/h3-7,9-14,16-19,21-22,28,36-39,44H,8,15,20,23-27H2,1-2H3,(H2,41,42,45). The molecule has 2 saturated heterocycles. The number of hydrogen-bond acceptors (Lipinski definition) is 6. The van der Waals surface area contributed by atoms with Crippen molar-refractivity contribution in [2.24, 2.45) is 5.92 Å². The molecular formula is C40H47N3O5. The number of aliphatic hydroxyl groups is 1. The number of aliphatic hydroxyl groups excluding tert-OH is 1. The normalized spacial score (nSPS) is 22.8. The minimum Gasteiger partial charge on any atom is -0.392 e. The second-order valence-corrected chi connectivity index (χ2v) is 12.9. The summed E-state index contributed by atoms with van der Waals surface area (Å²) in [7, 11) is 1.77. The average Bonchev–Trinajstić information content (AvgIpc) is 3.57. The predicted molar refractivity (Wildman–Crippen MR) is 187 cm³/mol. The van der Waals surface area contributed by atoms with E-state index >= 15 is 0 Å². The van der Waals surface area contributed by atoms with Gasteiger partial charge in [0, 0.05) is 44.3 Å². The molecule has 2 heterocycles. The summed E-state index contributed by atoms with van der Waals surface area (Å²) < 4.78 is 19.1. The summed E-state index contributed by atoms with van der Waals surface area (Å²) in [6.45, 7) is 5.69. The predicted octanol–water partition coefficient (Wildman–Crippen LogP) is 6.75. The van der Waals surface area contributed by atoms with Gasteiger partial charge in [-0.25, -0.2) is 4.79 Å². The fraction of sp³-hybridized carbons (Fsp3) is 0.375. The third-order valence-electron chi connectivity index (χ3n) is 9.56. The van der Waals surface area contributed by atoms with Gasteiger partial charge in [0.2, 0.25) is 0 Å². The van der Waals surface area contributed by atoms with Crippen molar-refractivity contribution in [2.45, 2.75) is 64.0 Å². The molecule has 0 bridgehead atoms. The Morgan fingerprint density at radius 3 is 2.29 bits per heavy atom. The number of likely N-dealkylation sites (tertiary alicyclic amines) is 1. The first-order chi connectivity index (χ1) is 23.5. The van der Waals surface area contributed by atoms with E-state index in [-0.39, 0.29) is 30.8 Å². The van der Waals surface area contributed by atoms with E-state index < -0.39 is 6.29 Å². The van der Waals surface area contributed by atoms with Crippen LogP contribution >= 0.6 is 0 Å². The minimum atomic E-state index is -0.546. The zero-order valence-electron chi connectivity index (χ0n) is 27.9. The number of benzene rings is 4. The molecular weight excluding hydrogens is 602 g/mol. The molecule has 5 unspecified atom stereocenters. The molecule has 2 fully saturated rings. The molecule has 8 heteroatoms. The smallest absolute Gasteiger partial charge is 0.315 e. The van der Waals surface area contributed by atoms with Crippen molar-refractivity contribution in [3.63, 3.8) is 0 Å². The highest BCUT2D eigenvalue weighted by atomic mass is 16.7. The molecule has 6 rings (SSSR count). The van der Waals surface area contributed by atoms with E-state index in [1.54, 1.807) is 7.11 Å². The van der Waals surface area contributed by atoms with Crippen molar-refractivity contribution in [1.29, 1.82) is 0 Å². The Labute approximate surface area is 284 Å². The minimum absolute atomic E-state index is 0.0110. The van der Waals surface area contributed by atoms with Gasteiger partial charge in [0.1, 0.15) is 0 Å². The Bertz CT molecular complexity index is 1610. The molecule has 8 nitrogen and oxygen atoms in total. The zero-order valence-corrected chi connectivity index (χ0v) is 27.9. The first-order valence-electron chi connectivity index (χ1n) is 17.0. The SMILES string of the molecule is COCC1CCCN1CC1OC(c2cccc(-c3cccc(CNC(=O)NCc4ccccc4)c3)c2)OC(c2ccc(CO)cc2)C1C. The molecule has 0 spiro atoms. The third-order valence-corrected chi connectivity index (χ3v) is 9.56. The van der Waals surface area contributed by atoms with Gasteiger partial charge in [-0.1, -0.05) is 97.9 Å². The van der Waals surface area contributed by atoms with E-state index in [9.17, 15) is 9.90 Å². The maximum absolute atomic E-state index is 12.5. The van der Waals surface area contributed by atoms with Gasteiger partial charge < -0.3 is 30.0 Å². The fourth-order valence-corrected chi connectivity index (χ4v) is 6.82. The molecule has 2 aliphatic heterocycles. The van der Waals surface area contributed by atoms with E-state index in [4.69, 9.17) is 14.2 Å².